The van der Waals surface area contributed by atoms with Crippen LogP contribution in [0.15, 0.2) is 48.8 Å². The number of nitrogens with zero attached hydrogens (tertiary/aromatic N) is 2. The minimum absolute atomic E-state index is 0.00584. The molecular formula is C19H18FN3OS. The number of amides is 1. The van der Waals surface area contributed by atoms with Gasteiger partial charge >= 0.3 is 0 Å². The Balaban J connectivity index is 1.61. The van der Waals surface area contributed by atoms with E-state index in [1.54, 1.807) is 36.7 Å². The maximum absolute atomic E-state index is 14.0. The highest BCUT2D eigenvalue weighted by atomic mass is 32.1. The SMILES string of the molecule is O=C(c1ccc(-c2ccccc2F)s1)N1CCCC[C@@H]1c1ncc[nH]1. The second kappa shape index (κ2) is 6.80. The number of thiophene rings is 1. The highest BCUT2D eigenvalue weighted by Gasteiger charge is 2.31. The molecule has 1 amide bonds. The van der Waals surface area contributed by atoms with Crippen molar-refractivity contribution in [3.63, 3.8) is 0 Å². The molecule has 2 aromatic heterocycles. The first kappa shape index (κ1) is 16.0. The standard InChI is InChI=1S/C19H18FN3OS/c20-14-6-2-1-5-13(14)16-8-9-17(25-16)19(24)23-12-4-3-7-15(23)18-21-10-11-22-18/h1-2,5-6,8-11,15H,3-4,7,12H2,(H,21,22)/t15-/m1/s1. The number of H-pyrrole nitrogens is 1. The third-order valence-electron chi connectivity index (χ3n) is 4.55. The minimum atomic E-state index is -0.269. The van der Waals surface area contributed by atoms with Gasteiger partial charge in [-0.15, -0.1) is 11.3 Å². The van der Waals surface area contributed by atoms with E-state index >= 15 is 0 Å². The fraction of sp³-hybridized carbons (Fsp3) is 0.263. The highest BCUT2D eigenvalue weighted by Crippen LogP contribution is 2.34. The van der Waals surface area contributed by atoms with Crippen molar-refractivity contribution in [2.75, 3.05) is 6.54 Å². The number of nitrogens with one attached hydrogen (secondary N) is 1. The number of carbonyl (C=O) groups is 1. The van der Waals surface area contributed by atoms with Gasteiger partial charge in [0.2, 0.25) is 0 Å². The van der Waals surface area contributed by atoms with Gasteiger partial charge in [0.1, 0.15) is 11.6 Å². The molecule has 0 saturated carbocycles. The Bertz CT molecular complexity index is 874. The molecule has 0 spiro atoms. The summed E-state index contributed by atoms with van der Waals surface area (Å²) in [5.41, 5.74) is 0.535. The molecule has 1 saturated heterocycles. The lowest BCUT2D eigenvalue weighted by molar-refractivity contribution is 0.0606. The molecule has 1 atom stereocenters. The topological polar surface area (TPSA) is 49.0 Å². The van der Waals surface area contributed by atoms with E-state index in [-0.39, 0.29) is 17.8 Å². The molecule has 6 heteroatoms. The zero-order valence-corrected chi connectivity index (χ0v) is 14.4. The van der Waals surface area contributed by atoms with Gasteiger partial charge in [-0.3, -0.25) is 4.79 Å². The van der Waals surface area contributed by atoms with Crippen LogP contribution in [0, 0.1) is 5.82 Å². The Morgan fingerprint density at radius 2 is 2.12 bits per heavy atom. The molecule has 1 fully saturated rings. The Labute approximate surface area is 149 Å². The third kappa shape index (κ3) is 3.09. The number of carbonyl (C=O) groups excluding carboxylic acids is 1. The van der Waals surface area contributed by atoms with E-state index in [1.165, 1.54) is 17.4 Å². The molecule has 1 aromatic carbocycles. The summed E-state index contributed by atoms with van der Waals surface area (Å²) in [6.07, 6.45) is 6.49. The van der Waals surface area contributed by atoms with Gasteiger partial charge in [-0.2, -0.15) is 0 Å². The van der Waals surface area contributed by atoms with Crippen LogP contribution in [0.3, 0.4) is 0 Å². The van der Waals surface area contributed by atoms with E-state index < -0.39 is 0 Å². The molecule has 0 bridgehead atoms. The summed E-state index contributed by atoms with van der Waals surface area (Å²) in [5, 5.41) is 0. The van der Waals surface area contributed by atoms with Crippen molar-refractivity contribution in [2.24, 2.45) is 0 Å². The van der Waals surface area contributed by atoms with Gasteiger partial charge in [0.25, 0.3) is 5.91 Å². The zero-order chi connectivity index (χ0) is 17.2. The monoisotopic (exact) mass is 355 g/mol. The smallest absolute Gasteiger partial charge is 0.264 e. The lowest BCUT2D eigenvalue weighted by atomic mass is 10.0. The Kier molecular flexibility index (Phi) is 4.36. The molecule has 128 valence electrons. The summed E-state index contributed by atoms with van der Waals surface area (Å²) in [4.78, 5) is 23.8. The number of imidazole rings is 1. The lowest BCUT2D eigenvalue weighted by Gasteiger charge is -2.34. The van der Waals surface area contributed by atoms with Gasteiger partial charge in [0.05, 0.1) is 10.9 Å². The molecule has 3 aromatic rings. The van der Waals surface area contributed by atoms with Crippen molar-refractivity contribution in [2.45, 2.75) is 25.3 Å². The van der Waals surface area contributed by atoms with Crippen LogP contribution in [0.1, 0.15) is 40.8 Å². The molecule has 4 nitrogen and oxygen atoms in total. The maximum Gasteiger partial charge on any atom is 0.264 e. The van der Waals surface area contributed by atoms with Crippen molar-refractivity contribution in [3.8, 4) is 10.4 Å². The number of aromatic nitrogens is 2. The van der Waals surface area contributed by atoms with Crippen molar-refractivity contribution in [1.82, 2.24) is 14.9 Å². The molecule has 25 heavy (non-hydrogen) atoms. The Hall–Kier alpha value is -2.47. The van der Waals surface area contributed by atoms with Crippen LogP contribution in [-0.2, 0) is 0 Å². The summed E-state index contributed by atoms with van der Waals surface area (Å²) < 4.78 is 14.0. The number of piperidine rings is 1. The summed E-state index contributed by atoms with van der Waals surface area (Å²) in [7, 11) is 0. The molecule has 1 aliphatic heterocycles. The van der Waals surface area contributed by atoms with Crippen molar-refractivity contribution in [3.05, 3.63) is 65.3 Å². The molecular weight excluding hydrogens is 337 g/mol. The van der Waals surface area contributed by atoms with E-state index in [9.17, 15) is 9.18 Å². The zero-order valence-electron chi connectivity index (χ0n) is 13.6. The summed E-state index contributed by atoms with van der Waals surface area (Å²) in [5.74, 6) is 0.558. The van der Waals surface area contributed by atoms with E-state index in [1.807, 2.05) is 11.0 Å². The van der Waals surface area contributed by atoms with Gasteiger partial charge in [-0.1, -0.05) is 18.2 Å². The number of halogens is 1. The maximum atomic E-state index is 14.0. The molecule has 1 aliphatic rings. The fourth-order valence-corrected chi connectivity index (χ4v) is 4.31. The van der Waals surface area contributed by atoms with Crippen LogP contribution in [0.4, 0.5) is 4.39 Å². The predicted molar refractivity (Wildman–Crippen MR) is 95.9 cm³/mol. The summed E-state index contributed by atoms with van der Waals surface area (Å²) in [6.45, 7) is 0.719. The molecule has 1 N–H and O–H groups in total. The van der Waals surface area contributed by atoms with E-state index in [0.717, 1.165) is 36.5 Å². The first-order valence-electron chi connectivity index (χ1n) is 8.39. The fourth-order valence-electron chi connectivity index (χ4n) is 3.32. The van der Waals surface area contributed by atoms with Gasteiger partial charge in [0, 0.05) is 29.4 Å². The predicted octanol–water partition coefficient (Wildman–Crippen LogP) is 4.64. The summed E-state index contributed by atoms with van der Waals surface area (Å²) >= 11 is 1.34. The molecule has 0 unspecified atom stereocenters. The summed E-state index contributed by atoms with van der Waals surface area (Å²) in [6, 6.07) is 10.2. The molecule has 3 heterocycles. The van der Waals surface area contributed by atoms with E-state index in [2.05, 4.69) is 9.97 Å². The number of likely N-dealkylation sites (tertiary alicyclic amines) is 1. The van der Waals surface area contributed by atoms with Gasteiger partial charge in [-0.25, -0.2) is 9.37 Å². The second-order valence-electron chi connectivity index (χ2n) is 6.13. The third-order valence-corrected chi connectivity index (χ3v) is 5.66. The lowest BCUT2D eigenvalue weighted by Crippen LogP contribution is -2.38. The average molecular weight is 355 g/mol. The average Bonchev–Trinajstić information content (AvgIpc) is 3.34. The first-order valence-corrected chi connectivity index (χ1v) is 9.20. The van der Waals surface area contributed by atoms with E-state index in [4.69, 9.17) is 0 Å². The first-order chi connectivity index (χ1) is 12.2. The van der Waals surface area contributed by atoms with Crippen molar-refractivity contribution < 1.29 is 9.18 Å². The molecule has 0 radical (unpaired) electrons. The van der Waals surface area contributed by atoms with Gasteiger partial charge in [-0.05, 0) is 37.5 Å². The molecule has 4 rings (SSSR count). The minimum Gasteiger partial charge on any atom is -0.347 e. The second-order valence-corrected chi connectivity index (χ2v) is 7.21. The van der Waals surface area contributed by atoms with Crippen LogP contribution >= 0.6 is 11.3 Å². The van der Waals surface area contributed by atoms with Gasteiger partial charge < -0.3 is 9.88 Å². The number of hydrogen-bond acceptors (Lipinski definition) is 3. The number of hydrogen-bond donors (Lipinski definition) is 1. The van der Waals surface area contributed by atoms with Crippen LogP contribution in [0.2, 0.25) is 0 Å². The quantitative estimate of drug-likeness (QED) is 0.744. The largest absolute Gasteiger partial charge is 0.347 e. The van der Waals surface area contributed by atoms with Crippen LogP contribution in [0.5, 0.6) is 0 Å². The van der Waals surface area contributed by atoms with Gasteiger partial charge in [0.15, 0.2) is 0 Å². The normalized spacial score (nSPS) is 17.6. The van der Waals surface area contributed by atoms with E-state index in [0.29, 0.717) is 10.4 Å². The highest BCUT2D eigenvalue weighted by molar-refractivity contribution is 7.17. The van der Waals surface area contributed by atoms with Crippen LogP contribution < -0.4 is 0 Å². The number of aromatic amines is 1. The van der Waals surface area contributed by atoms with Crippen molar-refractivity contribution >= 4 is 17.2 Å². The van der Waals surface area contributed by atoms with Crippen LogP contribution in [0.25, 0.3) is 10.4 Å². The number of rotatable bonds is 3. The Morgan fingerprint density at radius 3 is 2.92 bits per heavy atom. The molecule has 0 aliphatic carbocycles. The number of benzene rings is 1. The van der Waals surface area contributed by atoms with Crippen LogP contribution in [-0.4, -0.2) is 27.3 Å². The van der Waals surface area contributed by atoms with Crippen molar-refractivity contribution in [1.29, 1.82) is 0 Å². The Morgan fingerprint density at radius 1 is 1.24 bits per heavy atom.